The summed E-state index contributed by atoms with van der Waals surface area (Å²) in [5, 5.41) is 14.3. The molecule has 0 saturated carbocycles. The van der Waals surface area contributed by atoms with E-state index < -0.39 is 0 Å². The number of ether oxygens (including phenoxy) is 3. The maximum absolute atomic E-state index is 10.2. The third-order valence-electron chi connectivity index (χ3n) is 3.37. The Bertz CT molecular complexity index is 718. The van der Waals surface area contributed by atoms with Gasteiger partial charge in [-0.25, -0.2) is 0 Å². The molecule has 0 fully saturated rings. The lowest BCUT2D eigenvalue weighted by Crippen LogP contribution is -2.10. The van der Waals surface area contributed by atoms with E-state index in [1.807, 2.05) is 13.1 Å². The minimum Gasteiger partial charge on any atom is -0.508 e. The Morgan fingerprint density at radius 2 is 1.95 bits per heavy atom. The molecule has 3 rings (SSSR count). The lowest BCUT2D eigenvalue weighted by atomic mass is 10.0. The van der Waals surface area contributed by atoms with E-state index in [-0.39, 0.29) is 5.76 Å². The molecule has 21 heavy (non-hydrogen) atoms. The van der Waals surface area contributed by atoms with Gasteiger partial charge >= 0.3 is 0 Å². The van der Waals surface area contributed by atoms with Gasteiger partial charge in [0.25, 0.3) is 0 Å². The summed E-state index contributed by atoms with van der Waals surface area (Å²) in [4.78, 5) is 0. The van der Waals surface area contributed by atoms with Crippen LogP contribution in [0.2, 0.25) is 0 Å². The maximum atomic E-state index is 10.2. The van der Waals surface area contributed by atoms with Crippen LogP contribution >= 0.6 is 0 Å². The highest BCUT2D eigenvalue weighted by Crippen LogP contribution is 2.40. The van der Waals surface area contributed by atoms with Crippen molar-refractivity contribution in [2.75, 3.05) is 14.2 Å². The highest BCUT2D eigenvalue weighted by molar-refractivity contribution is 5.67. The molecule has 1 aliphatic rings. The number of aromatic nitrogens is 2. The molecular weight excluding hydrogens is 272 g/mol. The minimum atomic E-state index is 0.169. The Morgan fingerprint density at radius 1 is 1.24 bits per heavy atom. The molecule has 0 atom stereocenters. The molecular formula is C15H16N2O4. The number of hydrogen-bond donors (Lipinski definition) is 1. The average Bonchev–Trinajstić information content (AvgIpc) is 2.91. The quantitative estimate of drug-likeness (QED) is 0.938. The molecule has 1 N–H and O–H groups in total. The summed E-state index contributed by atoms with van der Waals surface area (Å²) >= 11 is 0. The number of fused-ring (bicyclic) bond motifs is 1. The van der Waals surface area contributed by atoms with Crippen LogP contribution in [0.15, 0.2) is 30.3 Å². The molecule has 0 aliphatic carbocycles. The summed E-state index contributed by atoms with van der Waals surface area (Å²) < 4.78 is 18.0. The largest absolute Gasteiger partial charge is 0.508 e. The van der Waals surface area contributed by atoms with Gasteiger partial charge in [0.1, 0.15) is 11.5 Å². The summed E-state index contributed by atoms with van der Waals surface area (Å²) in [6.07, 6.45) is 3.81. The molecule has 0 bridgehead atoms. The first kappa shape index (κ1) is 13.4. The summed E-state index contributed by atoms with van der Waals surface area (Å²) in [6.45, 7) is 0. The molecule has 1 aliphatic heterocycles. The summed E-state index contributed by atoms with van der Waals surface area (Å²) in [6, 6.07) is 3.57. The highest BCUT2D eigenvalue weighted by atomic mass is 16.5. The van der Waals surface area contributed by atoms with Crippen molar-refractivity contribution in [1.29, 1.82) is 0 Å². The Hall–Kier alpha value is -2.63. The van der Waals surface area contributed by atoms with Crippen molar-refractivity contribution in [2.24, 2.45) is 7.05 Å². The molecule has 0 radical (unpaired) electrons. The van der Waals surface area contributed by atoms with Crippen molar-refractivity contribution in [3.05, 3.63) is 41.4 Å². The fourth-order valence-electron chi connectivity index (χ4n) is 2.33. The Labute approximate surface area is 122 Å². The third-order valence-corrected chi connectivity index (χ3v) is 3.37. The fraction of sp³-hybridized carbons (Fsp3) is 0.267. The van der Waals surface area contributed by atoms with Gasteiger partial charge in [-0.15, -0.1) is 0 Å². The summed E-state index contributed by atoms with van der Waals surface area (Å²) in [5.41, 5.74) is 1.58. The number of allylic oxidation sites excluding steroid dienone is 1. The van der Waals surface area contributed by atoms with Gasteiger partial charge in [-0.05, 0) is 6.07 Å². The van der Waals surface area contributed by atoms with E-state index in [2.05, 4.69) is 5.10 Å². The predicted molar refractivity (Wildman–Crippen MR) is 76.6 cm³/mol. The number of nitrogens with zero attached hydrogens (tertiary/aromatic N) is 2. The number of rotatable bonds is 3. The molecule has 2 aromatic rings. The number of methoxy groups -OCH3 is 2. The van der Waals surface area contributed by atoms with Crippen LogP contribution in [0.4, 0.5) is 0 Å². The van der Waals surface area contributed by atoms with Crippen molar-refractivity contribution in [1.82, 2.24) is 9.78 Å². The molecule has 6 nitrogen and oxygen atoms in total. The van der Waals surface area contributed by atoms with Crippen LogP contribution in [0, 0.1) is 0 Å². The van der Waals surface area contributed by atoms with E-state index in [1.165, 1.54) is 0 Å². The molecule has 2 heterocycles. The number of aryl methyl sites for hydroxylation is 1. The summed E-state index contributed by atoms with van der Waals surface area (Å²) in [7, 11) is 4.96. The fourth-order valence-corrected chi connectivity index (χ4v) is 2.33. The zero-order chi connectivity index (χ0) is 15.0. The molecule has 1 aromatic heterocycles. The van der Waals surface area contributed by atoms with E-state index >= 15 is 0 Å². The van der Waals surface area contributed by atoms with Crippen molar-refractivity contribution in [2.45, 2.75) is 6.42 Å². The maximum Gasteiger partial charge on any atom is 0.175 e. The monoisotopic (exact) mass is 288 g/mol. The van der Waals surface area contributed by atoms with Crippen LogP contribution in [0.3, 0.4) is 0 Å². The minimum absolute atomic E-state index is 0.169. The molecule has 0 saturated heterocycles. The van der Waals surface area contributed by atoms with Crippen LogP contribution in [-0.4, -0.2) is 29.1 Å². The smallest absolute Gasteiger partial charge is 0.175 e. The van der Waals surface area contributed by atoms with Crippen LogP contribution in [-0.2, 0) is 13.5 Å². The van der Waals surface area contributed by atoms with E-state index in [4.69, 9.17) is 14.2 Å². The standard InChI is InChI=1S/C15H16N2O4/c1-17-8-10(7-16-17)15-11(18)4-9-5-13(19-2)14(20-3)6-12(9)21-15/h5-8,18H,4H2,1-3H3. The molecule has 1 aromatic carbocycles. The van der Waals surface area contributed by atoms with Gasteiger partial charge in [0, 0.05) is 31.3 Å². The molecule has 0 amide bonds. The predicted octanol–water partition coefficient (Wildman–Crippen LogP) is 2.30. The zero-order valence-corrected chi connectivity index (χ0v) is 12.1. The van der Waals surface area contributed by atoms with Gasteiger partial charge in [0.2, 0.25) is 0 Å². The van der Waals surface area contributed by atoms with E-state index in [9.17, 15) is 5.11 Å². The van der Waals surface area contributed by atoms with Crippen LogP contribution < -0.4 is 14.2 Å². The lowest BCUT2D eigenvalue weighted by Gasteiger charge is -2.21. The second-order valence-electron chi connectivity index (χ2n) is 4.77. The van der Waals surface area contributed by atoms with Crippen molar-refractivity contribution in [3.8, 4) is 17.2 Å². The Kier molecular flexibility index (Phi) is 3.21. The van der Waals surface area contributed by atoms with Gasteiger partial charge in [0.05, 0.1) is 26.0 Å². The third kappa shape index (κ3) is 2.29. The van der Waals surface area contributed by atoms with Gasteiger partial charge < -0.3 is 19.3 Å². The van der Waals surface area contributed by atoms with Crippen LogP contribution in [0.25, 0.3) is 5.76 Å². The average molecular weight is 288 g/mol. The van der Waals surface area contributed by atoms with Gasteiger partial charge in [-0.1, -0.05) is 0 Å². The molecule has 0 unspecified atom stereocenters. The zero-order valence-electron chi connectivity index (χ0n) is 12.1. The molecule has 6 heteroatoms. The first-order valence-corrected chi connectivity index (χ1v) is 6.46. The number of benzene rings is 1. The number of aliphatic hydroxyl groups is 1. The number of hydrogen-bond acceptors (Lipinski definition) is 5. The van der Waals surface area contributed by atoms with Gasteiger partial charge in [-0.3, -0.25) is 4.68 Å². The first-order valence-electron chi connectivity index (χ1n) is 6.46. The van der Waals surface area contributed by atoms with E-state index in [0.29, 0.717) is 29.4 Å². The second-order valence-corrected chi connectivity index (χ2v) is 4.77. The SMILES string of the molecule is COc1cc2c(cc1OC)OC(c1cnn(C)c1)=C(O)C2. The topological polar surface area (TPSA) is 65.7 Å². The number of aliphatic hydroxyl groups excluding tert-OH is 1. The van der Waals surface area contributed by atoms with Crippen molar-refractivity contribution < 1.29 is 19.3 Å². The van der Waals surface area contributed by atoms with Gasteiger partial charge in [-0.2, -0.15) is 5.10 Å². The Morgan fingerprint density at radius 3 is 2.57 bits per heavy atom. The molecule has 110 valence electrons. The van der Waals surface area contributed by atoms with E-state index in [0.717, 1.165) is 11.1 Å². The van der Waals surface area contributed by atoms with Crippen molar-refractivity contribution >= 4 is 5.76 Å². The lowest BCUT2D eigenvalue weighted by molar-refractivity contribution is 0.341. The highest BCUT2D eigenvalue weighted by Gasteiger charge is 2.24. The Balaban J connectivity index is 2.02. The second kappa shape index (κ2) is 5.05. The van der Waals surface area contributed by atoms with Gasteiger partial charge in [0.15, 0.2) is 17.3 Å². The molecule has 0 spiro atoms. The van der Waals surface area contributed by atoms with Crippen LogP contribution in [0.1, 0.15) is 11.1 Å². The van der Waals surface area contributed by atoms with Crippen LogP contribution in [0.5, 0.6) is 17.2 Å². The van der Waals surface area contributed by atoms with E-state index in [1.54, 1.807) is 37.4 Å². The van der Waals surface area contributed by atoms with Crippen molar-refractivity contribution in [3.63, 3.8) is 0 Å². The normalized spacial score (nSPS) is 13.7. The first-order chi connectivity index (χ1) is 10.1. The summed E-state index contributed by atoms with van der Waals surface area (Å²) in [5.74, 6) is 2.43.